The quantitative estimate of drug-likeness (QED) is 0.664. The van der Waals surface area contributed by atoms with Crippen LogP contribution in [-0.2, 0) is 18.4 Å². The van der Waals surface area contributed by atoms with Crippen LogP contribution in [-0.4, -0.2) is 34.0 Å². The van der Waals surface area contributed by atoms with Gasteiger partial charge in [-0.15, -0.1) is 0 Å². The van der Waals surface area contributed by atoms with Gasteiger partial charge in [0.05, 0.1) is 0 Å². The molecule has 1 heterocycles. The molecule has 1 aromatic heterocycles. The number of hydrogen-bond donors (Lipinski definition) is 0. The standard InChI is InChI=1S/C10H15N3O3/c1-11(2)8(14)5-7-13-9(15)4-6-12(3)10(13)16/h4,6H,5,7H2,1-3H3. The van der Waals surface area contributed by atoms with E-state index in [2.05, 4.69) is 0 Å². The zero-order valence-electron chi connectivity index (χ0n) is 9.64. The van der Waals surface area contributed by atoms with Crippen molar-refractivity contribution in [2.45, 2.75) is 13.0 Å². The Kier molecular flexibility index (Phi) is 3.65. The zero-order chi connectivity index (χ0) is 12.3. The van der Waals surface area contributed by atoms with E-state index in [9.17, 15) is 14.4 Å². The lowest BCUT2D eigenvalue weighted by Crippen LogP contribution is -2.39. The van der Waals surface area contributed by atoms with Crippen molar-refractivity contribution < 1.29 is 4.79 Å². The second-order valence-electron chi connectivity index (χ2n) is 3.74. The molecule has 0 spiro atoms. The fourth-order valence-electron chi connectivity index (χ4n) is 1.25. The molecular weight excluding hydrogens is 210 g/mol. The molecule has 6 nitrogen and oxygen atoms in total. The van der Waals surface area contributed by atoms with Crippen LogP contribution in [0.5, 0.6) is 0 Å². The van der Waals surface area contributed by atoms with Gasteiger partial charge in [-0.3, -0.25) is 14.2 Å². The second kappa shape index (κ2) is 4.78. The highest BCUT2D eigenvalue weighted by Crippen LogP contribution is 1.88. The summed E-state index contributed by atoms with van der Waals surface area (Å²) < 4.78 is 2.36. The number of carbonyl (C=O) groups is 1. The smallest absolute Gasteiger partial charge is 0.330 e. The highest BCUT2D eigenvalue weighted by atomic mass is 16.2. The molecule has 0 bridgehead atoms. The molecule has 0 atom stereocenters. The predicted molar refractivity (Wildman–Crippen MR) is 59.3 cm³/mol. The Balaban J connectivity index is 2.91. The van der Waals surface area contributed by atoms with E-state index in [0.29, 0.717) is 0 Å². The monoisotopic (exact) mass is 225 g/mol. The van der Waals surface area contributed by atoms with Gasteiger partial charge in [-0.05, 0) is 0 Å². The van der Waals surface area contributed by atoms with Crippen LogP contribution in [0.25, 0.3) is 0 Å². The molecule has 0 fully saturated rings. The third kappa shape index (κ3) is 2.59. The van der Waals surface area contributed by atoms with Gasteiger partial charge in [0.25, 0.3) is 5.56 Å². The van der Waals surface area contributed by atoms with Gasteiger partial charge in [-0.1, -0.05) is 0 Å². The molecule has 6 heteroatoms. The summed E-state index contributed by atoms with van der Waals surface area (Å²) in [6.45, 7) is 0.114. The van der Waals surface area contributed by atoms with Crippen LogP contribution in [0.1, 0.15) is 6.42 Å². The summed E-state index contributed by atoms with van der Waals surface area (Å²) in [5, 5.41) is 0. The summed E-state index contributed by atoms with van der Waals surface area (Å²) in [7, 11) is 4.83. The first-order valence-electron chi connectivity index (χ1n) is 4.90. The molecule has 0 saturated heterocycles. The molecule has 0 aliphatic carbocycles. The molecular formula is C10H15N3O3. The van der Waals surface area contributed by atoms with Crippen molar-refractivity contribution in [1.82, 2.24) is 14.0 Å². The fourth-order valence-corrected chi connectivity index (χ4v) is 1.25. The number of aryl methyl sites for hydroxylation is 1. The summed E-state index contributed by atoms with van der Waals surface area (Å²) in [4.78, 5) is 35.7. The maximum absolute atomic E-state index is 11.6. The SMILES string of the molecule is CN(C)C(=O)CCn1c(=O)ccn(C)c1=O. The third-order valence-electron chi connectivity index (χ3n) is 2.29. The number of nitrogens with zero attached hydrogens (tertiary/aromatic N) is 3. The lowest BCUT2D eigenvalue weighted by atomic mass is 10.4. The van der Waals surface area contributed by atoms with Gasteiger partial charge in [0, 0.05) is 46.4 Å². The van der Waals surface area contributed by atoms with Crippen molar-refractivity contribution in [1.29, 1.82) is 0 Å². The van der Waals surface area contributed by atoms with Gasteiger partial charge < -0.3 is 9.47 Å². The summed E-state index contributed by atoms with van der Waals surface area (Å²) in [6, 6.07) is 1.31. The third-order valence-corrected chi connectivity index (χ3v) is 2.29. The minimum atomic E-state index is -0.404. The van der Waals surface area contributed by atoms with Gasteiger partial charge >= 0.3 is 5.69 Å². The molecule has 0 saturated carbocycles. The van der Waals surface area contributed by atoms with Crippen molar-refractivity contribution in [3.8, 4) is 0 Å². The van der Waals surface area contributed by atoms with Crippen molar-refractivity contribution in [2.24, 2.45) is 7.05 Å². The largest absolute Gasteiger partial charge is 0.349 e. The fraction of sp³-hybridized carbons (Fsp3) is 0.500. The van der Waals surface area contributed by atoms with Crippen molar-refractivity contribution >= 4 is 5.91 Å². The van der Waals surface area contributed by atoms with E-state index in [-0.39, 0.29) is 24.4 Å². The highest BCUT2D eigenvalue weighted by Gasteiger charge is 2.07. The molecule has 0 N–H and O–H groups in total. The van der Waals surface area contributed by atoms with Crippen LogP contribution in [0.4, 0.5) is 0 Å². The molecule has 16 heavy (non-hydrogen) atoms. The molecule has 0 aliphatic heterocycles. The van der Waals surface area contributed by atoms with E-state index in [1.54, 1.807) is 21.1 Å². The number of carbonyl (C=O) groups excluding carboxylic acids is 1. The summed E-state index contributed by atoms with van der Waals surface area (Å²) in [5.74, 6) is -0.113. The Morgan fingerprint density at radius 3 is 2.56 bits per heavy atom. The summed E-state index contributed by atoms with van der Waals surface area (Å²) >= 11 is 0. The Hall–Kier alpha value is -1.85. The molecule has 0 aromatic carbocycles. The summed E-state index contributed by atoms with van der Waals surface area (Å²) in [5.41, 5.74) is -0.784. The summed E-state index contributed by atoms with van der Waals surface area (Å²) in [6.07, 6.45) is 1.56. The van der Waals surface area contributed by atoms with Gasteiger partial charge in [0.2, 0.25) is 5.91 Å². The van der Waals surface area contributed by atoms with E-state index >= 15 is 0 Å². The van der Waals surface area contributed by atoms with Crippen molar-refractivity contribution in [3.63, 3.8) is 0 Å². The highest BCUT2D eigenvalue weighted by molar-refractivity contribution is 5.75. The Morgan fingerprint density at radius 1 is 1.38 bits per heavy atom. The Bertz CT molecular complexity index is 499. The topological polar surface area (TPSA) is 64.3 Å². The molecule has 0 unspecified atom stereocenters. The number of aromatic nitrogens is 2. The van der Waals surface area contributed by atoms with Crippen LogP contribution in [0.15, 0.2) is 21.9 Å². The second-order valence-corrected chi connectivity index (χ2v) is 3.74. The lowest BCUT2D eigenvalue weighted by molar-refractivity contribution is -0.128. The molecule has 1 aromatic rings. The number of amides is 1. The van der Waals surface area contributed by atoms with Crippen LogP contribution >= 0.6 is 0 Å². The van der Waals surface area contributed by atoms with Crippen molar-refractivity contribution in [2.75, 3.05) is 14.1 Å². The predicted octanol–water partition coefficient (Wildman–Crippen LogP) is -0.975. The van der Waals surface area contributed by atoms with E-state index in [4.69, 9.17) is 0 Å². The van der Waals surface area contributed by atoms with Gasteiger partial charge in [-0.2, -0.15) is 0 Å². The molecule has 1 rings (SSSR count). The number of hydrogen-bond acceptors (Lipinski definition) is 3. The maximum Gasteiger partial charge on any atom is 0.330 e. The Morgan fingerprint density at radius 2 is 2.00 bits per heavy atom. The molecule has 88 valence electrons. The van der Waals surface area contributed by atoms with E-state index in [1.807, 2.05) is 0 Å². The van der Waals surface area contributed by atoms with E-state index in [0.717, 1.165) is 4.57 Å². The van der Waals surface area contributed by atoms with Crippen LogP contribution < -0.4 is 11.2 Å². The van der Waals surface area contributed by atoms with Crippen LogP contribution in [0.3, 0.4) is 0 Å². The van der Waals surface area contributed by atoms with Gasteiger partial charge in [0.1, 0.15) is 0 Å². The Labute approximate surface area is 92.7 Å². The average Bonchev–Trinajstić information content (AvgIpc) is 2.23. The minimum Gasteiger partial charge on any atom is -0.349 e. The molecule has 1 amide bonds. The zero-order valence-corrected chi connectivity index (χ0v) is 9.64. The average molecular weight is 225 g/mol. The first-order chi connectivity index (χ1) is 7.43. The molecule has 0 radical (unpaired) electrons. The molecule has 0 aliphatic rings. The van der Waals surface area contributed by atoms with Crippen LogP contribution in [0, 0.1) is 0 Å². The minimum absolute atomic E-state index is 0.113. The normalized spacial score (nSPS) is 10.2. The maximum atomic E-state index is 11.6. The van der Waals surface area contributed by atoms with E-state index in [1.165, 1.54) is 21.7 Å². The lowest BCUT2D eigenvalue weighted by Gasteiger charge is -2.10. The van der Waals surface area contributed by atoms with Gasteiger partial charge in [0.15, 0.2) is 0 Å². The van der Waals surface area contributed by atoms with E-state index < -0.39 is 5.69 Å². The first kappa shape index (κ1) is 12.2. The van der Waals surface area contributed by atoms with Crippen molar-refractivity contribution in [3.05, 3.63) is 33.1 Å². The number of rotatable bonds is 3. The van der Waals surface area contributed by atoms with Gasteiger partial charge in [-0.25, -0.2) is 4.79 Å². The first-order valence-corrected chi connectivity index (χ1v) is 4.90. The van der Waals surface area contributed by atoms with Crippen LogP contribution in [0.2, 0.25) is 0 Å².